The Morgan fingerprint density at radius 1 is 0.459 bits per heavy atom. The van der Waals surface area contributed by atoms with Gasteiger partial charge in [0.15, 0.2) is 12.6 Å². The lowest BCUT2D eigenvalue weighted by atomic mass is 10.1. The van der Waals surface area contributed by atoms with E-state index in [2.05, 4.69) is 69.5 Å². The van der Waals surface area contributed by atoms with Gasteiger partial charge in [-0.25, -0.2) is 0 Å². The van der Waals surface area contributed by atoms with Crippen molar-refractivity contribution in [1.29, 1.82) is 0 Å². The van der Waals surface area contributed by atoms with Crippen LogP contribution in [0.1, 0.15) is 142 Å². The van der Waals surface area contributed by atoms with Crippen LogP contribution in [-0.4, -0.2) is 34.6 Å². The molecule has 2 unspecified atom stereocenters. The van der Waals surface area contributed by atoms with Crippen molar-refractivity contribution in [2.45, 2.75) is 155 Å². The van der Waals surface area contributed by atoms with Crippen LogP contribution in [0, 0.1) is 0 Å². The van der Waals surface area contributed by atoms with Crippen LogP contribution >= 0.6 is 45.2 Å². The van der Waals surface area contributed by atoms with Crippen LogP contribution in [0.15, 0.2) is 24.3 Å². The molecule has 0 saturated heterocycles. The molecule has 0 bridgehead atoms. The standard InChI is InChI=1S/C32H60I2O3/c1-3-35-31(27-23-19-15-11-7-5-9-13-17-21-25-29-33)37-32(36-4-2)28-24-20-16-12-8-6-10-14-18-22-26-30-34/h15-16,19-20,31-32H,3-14,17-18,21-30H2,1-2H3. The van der Waals surface area contributed by atoms with Crippen molar-refractivity contribution < 1.29 is 14.2 Å². The molecule has 0 aliphatic carbocycles. The fraction of sp³-hybridized carbons (Fsp3) is 0.875. The van der Waals surface area contributed by atoms with Gasteiger partial charge in [0.1, 0.15) is 0 Å². The summed E-state index contributed by atoms with van der Waals surface area (Å²) in [5, 5.41) is 0. The number of unbranched alkanes of at least 4 members (excludes halogenated alkanes) is 14. The fourth-order valence-electron chi connectivity index (χ4n) is 4.34. The fourth-order valence-corrected chi connectivity index (χ4v) is 5.42. The number of hydrogen-bond donors (Lipinski definition) is 0. The third-order valence-electron chi connectivity index (χ3n) is 6.49. The zero-order chi connectivity index (χ0) is 27.1. The Hall–Kier alpha value is 0.820. The number of allylic oxidation sites excluding steroid dienone is 4. The van der Waals surface area contributed by atoms with E-state index in [-0.39, 0.29) is 12.6 Å². The average molecular weight is 747 g/mol. The second-order valence-electron chi connectivity index (χ2n) is 9.91. The molecule has 0 amide bonds. The highest BCUT2D eigenvalue weighted by atomic mass is 127. The van der Waals surface area contributed by atoms with Crippen molar-refractivity contribution in [1.82, 2.24) is 0 Å². The Kier molecular flexibility index (Phi) is 33.8. The van der Waals surface area contributed by atoms with Crippen molar-refractivity contribution in [2.75, 3.05) is 22.1 Å². The normalized spacial score (nSPS) is 13.7. The van der Waals surface area contributed by atoms with Crippen LogP contribution in [0.5, 0.6) is 0 Å². The minimum atomic E-state index is -0.186. The van der Waals surface area contributed by atoms with Gasteiger partial charge in [-0.15, -0.1) is 0 Å². The lowest BCUT2D eigenvalue weighted by Gasteiger charge is -2.24. The second-order valence-corrected chi connectivity index (χ2v) is 12.1. The summed E-state index contributed by atoms with van der Waals surface area (Å²) in [6, 6.07) is 0. The minimum absolute atomic E-state index is 0.186. The zero-order valence-corrected chi connectivity index (χ0v) is 28.7. The topological polar surface area (TPSA) is 27.7 Å². The van der Waals surface area contributed by atoms with E-state index in [1.165, 1.54) is 112 Å². The van der Waals surface area contributed by atoms with Gasteiger partial charge in [0.25, 0.3) is 0 Å². The molecule has 0 aromatic heterocycles. The summed E-state index contributed by atoms with van der Waals surface area (Å²) in [5.74, 6) is 0. The smallest absolute Gasteiger partial charge is 0.161 e. The van der Waals surface area contributed by atoms with Gasteiger partial charge in [-0.1, -0.05) is 134 Å². The summed E-state index contributed by atoms with van der Waals surface area (Å²) in [5.41, 5.74) is 0. The van der Waals surface area contributed by atoms with E-state index in [4.69, 9.17) is 14.2 Å². The SMILES string of the molecule is CCOC(CCC=CCCCCCCCCCI)OC(CCC=CCCCCCCCCCI)OCC. The van der Waals surface area contributed by atoms with Crippen LogP contribution in [0.2, 0.25) is 0 Å². The quantitative estimate of drug-likeness (QED) is 0.0241. The predicted molar refractivity (Wildman–Crippen MR) is 180 cm³/mol. The average Bonchev–Trinajstić information content (AvgIpc) is 2.90. The molecule has 37 heavy (non-hydrogen) atoms. The van der Waals surface area contributed by atoms with Gasteiger partial charge >= 0.3 is 0 Å². The molecule has 220 valence electrons. The minimum Gasteiger partial charge on any atom is -0.353 e. The Balaban J connectivity index is 3.96. The molecule has 0 heterocycles. The van der Waals surface area contributed by atoms with Crippen molar-refractivity contribution in [3.05, 3.63) is 24.3 Å². The highest BCUT2D eigenvalue weighted by Crippen LogP contribution is 2.15. The Morgan fingerprint density at radius 2 is 0.784 bits per heavy atom. The van der Waals surface area contributed by atoms with Crippen LogP contribution in [-0.2, 0) is 14.2 Å². The molecule has 0 spiro atoms. The van der Waals surface area contributed by atoms with Gasteiger partial charge in [-0.2, -0.15) is 0 Å². The molecule has 2 atom stereocenters. The first kappa shape index (κ1) is 37.8. The number of ether oxygens (including phenoxy) is 3. The maximum atomic E-state index is 6.22. The van der Waals surface area contributed by atoms with Crippen molar-refractivity contribution in [3.63, 3.8) is 0 Å². The third kappa shape index (κ3) is 29.6. The second kappa shape index (κ2) is 33.0. The van der Waals surface area contributed by atoms with Crippen molar-refractivity contribution in [3.8, 4) is 0 Å². The van der Waals surface area contributed by atoms with Crippen molar-refractivity contribution in [2.24, 2.45) is 0 Å². The van der Waals surface area contributed by atoms with E-state index >= 15 is 0 Å². The summed E-state index contributed by atoms with van der Waals surface area (Å²) >= 11 is 4.96. The lowest BCUT2D eigenvalue weighted by molar-refractivity contribution is -0.246. The molecule has 0 rings (SSSR count). The highest BCUT2D eigenvalue weighted by molar-refractivity contribution is 14.1. The van der Waals surface area contributed by atoms with Gasteiger partial charge in [-0.3, -0.25) is 0 Å². The Labute approximate surface area is 259 Å². The largest absolute Gasteiger partial charge is 0.353 e. The Morgan fingerprint density at radius 3 is 1.14 bits per heavy atom. The van der Waals surface area contributed by atoms with Gasteiger partial charge in [0.2, 0.25) is 0 Å². The molecule has 0 aromatic carbocycles. The molecule has 0 fully saturated rings. The number of alkyl halides is 2. The maximum absolute atomic E-state index is 6.22. The first-order valence-corrected chi connectivity index (χ1v) is 18.6. The summed E-state index contributed by atoms with van der Waals surface area (Å²) in [6.45, 7) is 5.42. The van der Waals surface area contributed by atoms with Crippen LogP contribution < -0.4 is 0 Å². The summed E-state index contributed by atoms with van der Waals surface area (Å²) < 4.78 is 20.6. The van der Waals surface area contributed by atoms with Crippen LogP contribution in [0.25, 0.3) is 0 Å². The van der Waals surface area contributed by atoms with Gasteiger partial charge < -0.3 is 14.2 Å². The first-order chi connectivity index (χ1) is 18.3. The molecule has 3 nitrogen and oxygen atoms in total. The highest BCUT2D eigenvalue weighted by Gasteiger charge is 2.16. The molecule has 0 aliphatic heterocycles. The summed E-state index contributed by atoms with van der Waals surface area (Å²) in [6.07, 6.45) is 34.4. The summed E-state index contributed by atoms with van der Waals surface area (Å²) in [7, 11) is 0. The summed E-state index contributed by atoms with van der Waals surface area (Å²) in [4.78, 5) is 0. The molecule has 0 aliphatic rings. The lowest BCUT2D eigenvalue weighted by Crippen LogP contribution is -2.27. The number of halogens is 2. The molecular formula is C32H60I2O3. The molecule has 0 saturated carbocycles. The van der Waals surface area contributed by atoms with E-state index in [1.807, 2.05) is 13.8 Å². The zero-order valence-electron chi connectivity index (χ0n) is 24.4. The van der Waals surface area contributed by atoms with E-state index < -0.39 is 0 Å². The number of hydrogen-bond acceptors (Lipinski definition) is 3. The predicted octanol–water partition coefficient (Wildman–Crippen LogP) is 11.5. The van der Waals surface area contributed by atoms with E-state index in [9.17, 15) is 0 Å². The maximum Gasteiger partial charge on any atom is 0.161 e. The molecule has 0 aromatic rings. The van der Waals surface area contributed by atoms with E-state index in [0.717, 1.165) is 25.7 Å². The van der Waals surface area contributed by atoms with Crippen molar-refractivity contribution >= 4 is 45.2 Å². The van der Waals surface area contributed by atoms with E-state index in [1.54, 1.807) is 0 Å². The molecule has 0 radical (unpaired) electrons. The van der Waals surface area contributed by atoms with Gasteiger partial charge in [0.05, 0.1) is 0 Å². The number of rotatable bonds is 30. The van der Waals surface area contributed by atoms with E-state index in [0.29, 0.717) is 13.2 Å². The third-order valence-corrected chi connectivity index (χ3v) is 8.01. The first-order valence-electron chi connectivity index (χ1n) is 15.6. The molecule has 5 heteroatoms. The van der Waals surface area contributed by atoms with Crippen LogP contribution in [0.3, 0.4) is 0 Å². The van der Waals surface area contributed by atoms with Gasteiger partial charge in [-0.05, 0) is 74.1 Å². The van der Waals surface area contributed by atoms with Gasteiger partial charge in [0, 0.05) is 26.1 Å². The van der Waals surface area contributed by atoms with Crippen LogP contribution in [0.4, 0.5) is 0 Å². The monoisotopic (exact) mass is 746 g/mol. The molecule has 0 N–H and O–H groups in total. The molecular weight excluding hydrogens is 686 g/mol. The Bertz CT molecular complexity index is 443.